The number of nitrogens with one attached hydrogen (secondary N) is 1. The number of ether oxygens (including phenoxy) is 2. The summed E-state index contributed by atoms with van der Waals surface area (Å²) in [7, 11) is -5.31. The fourth-order valence-corrected chi connectivity index (χ4v) is 5.95. The first-order valence-corrected chi connectivity index (χ1v) is 14.7. The highest BCUT2D eigenvalue weighted by Gasteiger charge is 2.36. The molecule has 1 fully saturated rings. The molecule has 0 radical (unpaired) electrons. The summed E-state index contributed by atoms with van der Waals surface area (Å²) in [4.78, 5) is 27.8. The van der Waals surface area contributed by atoms with Crippen molar-refractivity contribution in [2.24, 2.45) is 0 Å². The monoisotopic (exact) mass is 597 g/mol. The SMILES string of the molecule is [2H]C1([2H])Oc2c(F)cc(C(=O)NCc3cc4nc(N5CCOc6ccc(C7CC7)nc65)ccc4cn3)cc2S(=O)(=O)[C@@H](F)C1([2H])[2H]. The second-order valence-electron chi connectivity index (χ2n) is 10.0. The number of pyridine rings is 3. The maximum Gasteiger partial charge on any atom is 0.251 e. The van der Waals surface area contributed by atoms with E-state index in [1.54, 1.807) is 12.3 Å². The number of hydrogen-bond donors (Lipinski definition) is 1. The van der Waals surface area contributed by atoms with Gasteiger partial charge < -0.3 is 19.7 Å². The van der Waals surface area contributed by atoms with Crippen molar-refractivity contribution in [1.82, 2.24) is 20.3 Å². The lowest BCUT2D eigenvalue weighted by Crippen LogP contribution is -2.30. The maximum atomic E-state index is 15.0. The number of nitrogens with zero attached hydrogens (tertiary/aromatic N) is 4. The molecule has 7 rings (SSSR count). The van der Waals surface area contributed by atoms with Gasteiger partial charge in [-0.2, -0.15) is 0 Å². The first kappa shape index (κ1) is 22.2. The summed E-state index contributed by atoms with van der Waals surface area (Å²) in [5.74, 6) is -1.19. The van der Waals surface area contributed by atoms with Crippen molar-refractivity contribution in [2.75, 3.05) is 24.6 Å². The van der Waals surface area contributed by atoms with Crippen LogP contribution in [-0.2, 0) is 16.4 Å². The number of sulfone groups is 1. The van der Waals surface area contributed by atoms with E-state index in [1.165, 1.54) is 0 Å². The summed E-state index contributed by atoms with van der Waals surface area (Å²) in [5, 5.41) is 3.23. The van der Waals surface area contributed by atoms with Crippen LogP contribution in [0, 0.1) is 5.82 Å². The predicted molar refractivity (Wildman–Crippen MR) is 148 cm³/mol. The second-order valence-corrected chi connectivity index (χ2v) is 12.0. The van der Waals surface area contributed by atoms with Crippen LogP contribution in [0.25, 0.3) is 10.9 Å². The highest BCUT2D eigenvalue weighted by atomic mass is 32.2. The van der Waals surface area contributed by atoms with Crippen molar-refractivity contribution in [1.29, 1.82) is 0 Å². The third kappa shape index (κ3) is 4.77. The highest BCUT2D eigenvalue weighted by Crippen LogP contribution is 2.43. The first-order chi connectivity index (χ1) is 21.8. The van der Waals surface area contributed by atoms with Gasteiger partial charge in [-0.25, -0.2) is 27.2 Å². The molecular formula is C29H25F2N5O5S. The molecule has 3 aromatic heterocycles. The fourth-order valence-electron chi connectivity index (χ4n) is 4.83. The van der Waals surface area contributed by atoms with Gasteiger partial charge in [0.2, 0.25) is 15.3 Å². The molecule has 0 bridgehead atoms. The zero-order chi connectivity index (χ0) is 32.6. The summed E-state index contributed by atoms with van der Waals surface area (Å²) >= 11 is 0. The minimum absolute atomic E-state index is 0.174. The van der Waals surface area contributed by atoms with E-state index in [-0.39, 0.29) is 6.54 Å². The topological polar surface area (TPSA) is 124 Å². The van der Waals surface area contributed by atoms with Gasteiger partial charge in [-0.05, 0) is 55.3 Å². The largest absolute Gasteiger partial charge is 0.489 e. The Labute approximate surface area is 245 Å². The van der Waals surface area contributed by atoms with Gasteiger partial charge in [0.15, 0.2) is 23.1 Å². The van der Waals surface area contributed by atoms with E-state index in [1.807, 2.05) is 29.2 Å². The summed E-state index contributed by atoms with van der Waals surface area (Å²) < 4.78 is 96.7. The average Bonchev–Trinajstić information content (AvgIpc) is 3.88. The Morgan fingerprint density at radius 1 is 1.14 bits per heavy atom. The van der Waals surface area contributed by atoms with Gasteiger partial charge in [0.25, 0.3) is 5.91 Å². The normalized spacial score (nSPS) is 23.0. The van der Waals surface area contributed by atoms with Crippen LogP contribution in [0.5, 0.6) is 11.5 Å². The molecule has 1 aliphatic carbocycles. The van der Waals surface area contributed by atoms with Crippen LogP contribution >= 0.6 is 0 Å². The van der Waals surface area contributed by atoms with Crippen molar-refractivity contribution in [3.63, 3.8) is 0 Å². The van der Waals surface area contributed by atoms with Crippen LogP contribution in [0.3, 0.4) is 0 Å². The van der Waals surface area contributed by atoms with E-state index in [4.69, 9.17) is 24.9 Å². The van der Waals surface area contributed by atoms with Crippen LogP contribution in [0.1, 0.15) is 52.4 Å². The third-order valence-corrected chi connectivity index (χ3v) is 8.76. The van der Waals surface area contributed by atoms with Crippen molar-refractivity contribution in [3.05, 3.63) is 71.4 Å². The summed E-state index contributed by atoms with van der Waals surface area (Å²) in [6, 6.07) is 10.5. The Kier molecular flexibility index (Phi) is 5.38. The molecule has 0 spiro atoms. The van der Waals surface area contributed by atoms with E-state index in [0.717, 1.165) is 23.9 Å². The van der Waals surface area contributed by atoms with Crippen LogP contribution < -0.4 is 19.7 Å². The number of hydrogen-bond acceptors (Lipinski definition) is 9. The summed E-state index contributed by atoms with van der Waals surface area (Å²) in [5.41, 5.74) is -2.01. The van der Waals surface area contributed by atoms with E-state index in [0.29, 0.717) is 59.8 Å². The summed E-state index contributed by atoms with van der Waals surface area (Å²) in [6.45, 7) is -2.72. The van der Waals surface area contributed by atoms with Gasteiger partial charge in [0, 0.05) is 37.9 Å². The molecule has 10 nitrogen and oxygen atoms in total. The number of carbonyl (C=O) groups is 1. The third-order valence-electron chi connectivity index (χ3n) is 7.18. The number of aromatic nitrogens is 3. The van der Waals surface area contributed by atoms with Crippen LogP contribution in [0.15, 0.2) is 53.6 Å². The van der Waals surface area contributed by atoms with Crippen molar-refractivity contribution < 1.29 is 36.9 Å². The molecule has 2 aliphatic heterocycles. The lowest BCUT2D eigenvalue weighted by atomic mass is 10.2. The van der Waals surface area contributed by atoms with Gasteiger partial charge in [-0.15, -0.1) is 0 Å². The number of fused-ring (bicyclic) bond motifs is 3. The Bertz CT molecular complexity index is 2030. The maximum absolute atomic E-state index is 15.0. The van der Waals surface area contributed by atoms with Gasteiger partial charge in [-0.3, -0.25) is 9.78 Å². The molecule has 1 atom stereocenters. The standard InChI is InChI=1S/C29H25F2N5O5S/c30-20-11-18(12-24-27(20)41-9-7-25(31)42(24,38)39)29(37)33-15-19-13-22-17(14-32-19)3-6-26(34-22)36-8-10-40-23-5-4-21(16-1-2-16)35-28(23)36/h3-6,11-14,16,25H,1-2,7-10,15H2,(H,33,37)/t25-/m1/s1/i7D2,9D2. The fraction of sp³-hybridized carbons (Fsp3) is 0.310. The second kappa shape index (κ2) is 10.2. The Morgan fingerprint density at radius 3 is 2.83 bits per heavy atom. The molecule has 0 saturated heterocycles. The number of alkyl halides is 1. The Morgan fingerprint density at radius 2 is 2.00 bits per heavy atom. The molecule has 216 valence electrons. The van der Waals surface area contributed by atoms with Crippen LogP contribution in [-0.4, -0.2) is 54.5 Å². The van der Waals surface area contributed by atoms with Crippen molar-refractivity contribution >= 4 is 38.3 Å². The van der Waals surface area contributed by atoms with Crippen molar-refractivity contribution in [3.8, 4) is 11.5 Å². The Hall–Kier alpha value is -4.39. The van der Waals surface area contributed by atoms with E-state index < -0.39 is 56.2 Å². The molecule has 1 amide bonds. The van der Waals surface area contributed by atoms with Crippen LogP contribution in [0.4, 0.5) is 20.4 Å². The summed E-state index contributed by atoms with van der Waals surface area (Å²) in [6.07, 6.45) is 0.102. The molecule has 0 unspecified atom stereocenters. The molecule has 3 aliphatic rings. The van der Waals surface area contributed by atoms with Gasteiger partial charge in [0.05, 0.1) is 33.6 Å². The molecule has 1 saturated carbocycles. The van der Waals surface area contributed by atoms with Gasteiger partial charge >= 0.3 is 0 Å². The average molecular weight is 598 g/mol. The molecule has 1 N–H and O–H groups in total. The number of benzene rings is 1. The number of amides is 1. The van der Waals surface area contributed by atoms with E-state index in [2.05, 4.69) is 10.3 Å². The number of carbonyl (C=O) groups excluding carboxylic acids is 1. The zero-order valence-electron chi connectivity index (χ0n) is 25.8. The smallest absolute Gasteiger partial charge is 0.251 e. The lowest BCUT2D eigenvalue weighted by Gasteiger charge is -2.29. The van der Waals surface area contributed by atoms with Crippen molar-refractivity contribution in [2.45, 2.75) is 42.1 Å². The minimum Gasteiger partial charge on any atom is -0.489 e. The molecule has 13 heteroatoms. The predicted octanol–water partition coefficient (Wildman–Crippen LogP) is 4.35. The number of rotatable bonds is 5. The molecular weight excluding hydrogens is 568 g/mol. The van der Waals surface area contributed by atoms with E-state index >= 15 is 4.39 Å². The zero-order valence-corrected chi connectivity index (χ0v) is 22.6. The molecule has 42 heavy (non-hydrogen) atoms. The Balaban J connectivity index is 1.13. The molecule has 4 aromatic rings. The molecule has 1 aromatic carbocycles. The molecule has 5 heterocycles. The first-order valence-electron chi connectivity index (χ1n) is 15.1. The number of anilines is 2. The minimum atomic E-state index is -5.31. The lowest BCUT2D eigenvalue weighted by molar-refractivity contribution is 0.0949. The van der Waals surface area contributed by atoms with Gasteiger partial charge in [-0.1, -0.05) is 0 Å². The van der Waals surface area contributed by atoms with E-state index in [9.17, 15) is 17.6 Å². The number of halogens is 2. The van der Waals surface area contributed by atoms with Gasteiger partial charge in [0.1, 0.15) is 17.3 Å². The highest BCUT2D eigenvalue weighted by molar-refractivity contribution is 7.92. The quantitative estimate of drug-likeness (QED) is 0.358. The van der Waals surface area contributed by atoms with Crippen LogP contribution in [0.2, 0.25) is 0 Å².